The van der Waals surface area contributed by atoms with E-state index >= 15 is 0 Å². The maximum absolute atomic E-state index is 13.8. The number of carbonyl (C=O) groups is 1. The molecule has 5 aromatic rings. The Kier molecular flexibility index (Phi) is 7.84. The van der Waals surface area contributed by atoms with E-state index in [1.54, 1.807) is 31.3 Å². The lowest BCUT2D eigenvalue weighted by Crippen LogP contribution is -2.22. The summed E-state index contributed by atoms with van der Waals surface area (Å²) in [5.74, 6) is -0.329. The first-order valence-corrected chi connectivity index (χ1v) is 12.5. The Bertz CT molecular complexity index is 1600. The number of hydrogen-bond donors (Lipinski definition) is 0. The first kappa shape index (κ1) is 25.9. The first-order valence-electron chi connectivity index (χ1n) is 12.5. The van der Waals surface area contributed by atoms with E-state index in [0.29, 0.717) is 18.8 Å². The van der Waals surface area contributed by atoms with Crippen molar-refractivity contribution < 1.29 is 23.1 Å². The fourth-order valence-corrected chi connectivity index (χ4v) is 4.20. The summed E-state index contributed by atoms with van der Waals surface area (Å²) in [7, 11) is 1.56. The maximum atomic E-state index is 13.8. The molecule has 3 aromatic carbocycles. The molecule has 0 saturated heterocycles. The van der Waals surface area contributed by atoms with Gasteiger partial charge in [0.2, 0.25) is 11.5 Å². The zero-order valence-electron chi connectivity index (χ0n) is 21.4. The molecule has 0 unspecified atom stereocenters. The van der Waals surface area contributed by atoms with Crippen molar-refractivity contribution in [3.05, 3.63) is 147 Å². The number of aromatic nitrogens is 2. The van der Waals surface area contributed by atoms with Crippen molar-refractivity contribution in [2.24, 2.45) is 7.05 Å². The second-order valence-electron chi connectivity index (χ2n) is 9.04. The van der Waals surface area contributed by atoms with Gasteiger partial charge in [-0.15, -0.1) is 0 Å². The number of benzene rings is 3. The van der Waals surface area contributed by atoms with Crippen LogP contribution >= 0.6 is 0 Å². The molecule has 0 N–H and O–H groups in total. The summed E-state index contributed by atoms with van der Waals surface area (Å²) in [6, 6.07) is 28.3. The lowest BCUT2D eigenvalue weighted by molar-refractivity contribution is 0.0459. The molecule has 0 radical (unpaired) electrons. The van der Waals surface area contributed by atoms with E-state index in [-0.39, 0.29) is 36.4 Å². The Balaban J connectivity index is 1.43. The van der Waals surface area contributed by atoms with Crippen LogP contribution in [0.1, 0.15) is 38.7 Å². The predicted octanol–water partition coefficient (Wildman–Crippen LogP) is 5.49. The Hall–Kier alpha value is -4.69. The molecule has 8 heteroatoms. The number of hydrogen-bond acceptors (Lipinski definition) is 5. The molecule has 39 heavy (non-hydrogen) atoms. The fourth-order valence-electron chi connectivity index (χ4n) is 4.20. The Morgan fingerprint density at radius 1 is 0.821 bits per heavy atom. The van der Waals surface area contributed by atoms with Gasteiger partial charge in [-0.1, -0.05) is 72.8 Å². The average Bonchev–Trinajstić information content (AvgIpc) is 3.52. The number of ketones is 1. The smallest absolute Gasteiger partial charge is 0.309 e. The van der Waals surface area contributed by atoms with Gasteiger partial charge in [0.05, 0.1) is 6.61 Å². The monoisotopic (exact) mass is 526 g/mol. The molecule has 0 saturated carbocycles. The number of ether oxygens (including phenoxy) is 2. The predicted molar refractivity (Wildman–Crippen MR) is 143 cm³/mol. The molecule has 0 atom stereocenters. The van der Waals surface area contributed by atoms with E-state index in [1.165, 1.54) is 21.5 Å². The van der Waals surface area contributed by atoms with Gasteiger partial charge in [-0.2, -0.15) is 0 Å². The second kappa shape index (κ2) is 11.8. The summed E-state index contributed by atoms with van der Waals surface area (Å²) in [5.41, 5.74) is 2.22. The standard InChI is InChI=1S/C31H27FN2O5/c1-33-31(36)30(38-20-24-10-6-3-7-11-24)28(34(33)21-37-19-23-8-4-2-5-9-23)29(35)27-17-16-26(39-27)18-22-12-14-25(32)15-13-22/h2-17H,18-21H2,1H3. The average molecular weight is 527 g/mol. The third-order valence-corrected chi connectivity index (χ3v) is 6.27. The van der Waals surface area contributed by atoms with Crippen LogP contribution in [0, 0.1) is 5.82 Å². The summed E-state index contributed by atoms with van der Waals surface area (Å²) in [6.07, 6.45) is 0.382. The minimum absolute atomic E-state index is 0.0363. The van der Waals surface area contributed by atoms with E-state index in [4.69, 9.17) is 13.9 Å². The van der Waals surface area contributed by atoms with Crippen molar-refractivity contribution in [2.75, 3.05) is 0 Å². The van der Waals surface area contributed by atoms with Crippen molar-refractivity contribution >= 4 is 5.78 Å². The third-order valence-electron chi connectivity index (χ3n) is 6.27. The van der Waals surface area contributed by atoms with Gasteiger partial charge in [-0.05, 0) is 41.0 Å². The van der Waals surface area contributed by atoms with Gasteiger partial charge in [0.15, 0.2) is 11.5 Å². The van der Waals surface area contributed by atoms with Crippen LogP contribution in [0.25, 0.3) is 0 Å². The quantitative estimate of drug-likeness (QED) is 0.213. The van der Waals surface area contributed by atoms with Gasteiger partial charge in [0, 0.05) is 13.5 Å². The van der Waals surface area contributed by atoms with Crippen LogP contribution in [0.15, 0.2) is 106 Å². The minimum atomic E-state index is -0.510. The summed E-state index contributed by atoms with van der Waals surface area (Å²) in [6.45, 7) is 0.350. The van der Waals surface area contributed by atoms with Crippen LogP contribution in [-0.4, -0.2) is 15.1 Å². The highest BCUT2D eigenvalue weighted by molar-refractivity contribution is 6.07. The van der Waals surface area contributed by atoms with Gasteiger partial charge in [-0.25, -0.2) is 13.8 Å². The van der Waals surface area contributed by atoms with E-state index in [2.05, 4.69) is 0 Å². The lowest BCUT2D eigenvalue weighted by Gasteiger charge is -2.12. The summed E-state index contributed by atoms with van der Waals surface area (Å²) >= 11 is 0. The van der Waals surface area contributed by atoms with Gasteiger partial charge >= 0.3 is 5.56 Å². The molecule has 0 amide bonds. The molecule has 0 fully saturated rings. The molecule has 198 valence electrons. The van der Waals surface area contributed by atoms with Gasteiger partial charge in [0.25, 0.3) is 0 Å². The van der Waals surface area contributed by atoms with Crippen LogP contribution in [-0.2, 0) is 38.1 Å². The number of carbonyl (C=O) groups excluding carboxylic acids is 1. The summed E-state index contributed by atoms with van der Waals surface area (Å²) in [4.78, 5) is 27.0. The van der Waals surface area contributed by atoms with E-state index < -0.39 is 11.3 Å². The molecule has 0 aliphatic rings. The topological polar surface area (TPSA) is 75.6 Å². The normalized spacial score (nSPS) is 11.0. The first-order chi connectivity index (χ1) is 19.0. The molecule has 7 nitrogen and oxygen atoms in total. The highest BCUT2D eigenvalue weighted by Crippen LogP contribution is 2.23. The van der Waals surface area contributed by atoms with Crippen LogP contribution in [0.3, 0.4) is 0 Å². The fraction of sp³-hybridized carbons (Fsp3) is 0.161. The second-order valence-corrected chi connectivity index (χ2v) is 9.04. The Morgan fingerprint density at radius 3 is 2.13 bits per heavy atom. The molecule has 2 heterocycles. The van der Waals surface area contributed by atoms with Gasteiger partial charge < -0.3 is 13.9 Å². The highest BCUT2D eigenvalue weighted by Gasteiger charge is 2.29. The van der Waals surface area contributed by atoms with Crippen molar-refractivity contribution in [3.63, 3.8) is 0 Å². The Morgan fingerprint density at radius 2 is 1.46 bits per heavy atom. The van der Waals surface area contributed by atoms with Crippen molar-refractivity contribution in [1.29, 1.82) is 0 Å². The molecule has 0 aliphatic heterocycles. The van der Waals surface area contributed by atoms with Crippen molar-refractivity contribution in [3.8, 4) is 5.75 Å². The molecular weight excluding hydrogens is 499 g/mol. The molecule has 0 spiro atoms. The van der Waals surface area contributed by atoms with Crippen molar-refractivity contribution in [2.45, 2.75) is 26.4 Å². The largest absolute Gasteiger partial charge is 0.481 e. The molecule has 0 bridgehead atoms. The van der Waals surface area contributed by atoms with E-state index in [0.717, 1.165) is 16.7 Å². The van der Waals surface area contributed by atoms with E-state index in [1.807, 2.05) is 60.7 Å². The van der Waals surface area contributed by atoms with E-state index in [9.17, 15) is 14.0 Å². The van der Waals surface area contributed by atoms with Crippen LogP contribution in [0.4, 0.5) is 4.39 Å². The number of halogens is 1. The van der Waals surface area contributed by atoms with Gasteiger partial charge in [0.1, 0.15) is 24.9 Å². The Labute approximate surface area is 224 Å². The molecule has 0 aliphatic carbocycles. The van der Waals surface area contributed by atoms with Crippen molar-refractivity contribution in [1.82, 2.24) is 9.36 Å². The van der Waals surface area contributed by atoms with Crippen LogP contribution < -0.4 is 10.3 Å². The van der Waals surface area contributed by atoms with Crippen LogP contribution in [0.2, 0.25) is 0 Å². The number of furan rings is 1. The SMILES string of the molecule is Cn1c(=O)c(OCc2ccccc2)c(C(=O)c2ccc(Cc3ccc(F)cc3)o2)n1COCc1ccccc1. The number of nitrogens with zero attached hydrogens (tertiary/aromatic N) is 2. The lowest BCUT2D eigenvalue weighted by atomic mass is 10.1. The van der Waals surface area contributed by atoms with Crippen LogP contribution in [0.5, 0.6) is 5.75 Å². The zero-order chi connectivity index (χ0) is 27.2. The third kappa shape index (κ3) is 6.08. The minimum Gasteiger partial charge on any atom is -0.481 e. The zero-order valence-corrected chi connectivity index (χ0v) is 21.4. The summed E-state index contributed by atoms with van der Waals surface area (Å²) in [5, 5.41) is 0. The highest BCUT2D eigenvalue weighted by atomic mass is 19.1. The van der Waals surface area contributed by atoms with Gasteiger partial charge in [-0.3, -0.25) is 9.59 Å². The molecular formula is C31H27FN2O5. The molecule has 5 rings (SSSR count). The number of rotatable bonds is 11. The summed E-state index contributed by atoms with van der Waals surface area (Å²) < 4.78 is 33.7. The maximum Gasteiger partial charge on any atom is 0.309 e. The molecule has 2 aromatic heterocycles.